The third kappa shape index (κ3) is 4.34. The van der Waals surface area contributed by atoms with Gasteiger partial charge in [-0.3, -0.25) is 9.78 Å². The van der Waals surface area contributed by atoms with E-state index in [2.05, 4.69) is 19.9 Å². The maximum absolute atomic E-state index is 13.5. The summed E-state index contributed by atoms with van der Waals surface area (Å²) in [7, 11) is 1.57. The Morgan fingerprint density at radius 2 is 1.97 bits per heavy atom. The minimum Gasteiger partial charge on any atom is -0.495 e. The summed E-state index contributed by atoms with van der Waals surface area (Å²) in [5.74, 6) is -0.232. The number of pyridine rings is 1. The second-order valence-electron chi connectivity index (χ2n) is 8.44. The lowest BCUT2D eigenvalue weighted by Crippen LogP contribution is -2.26. The fraction of sp³-hybridized carbons (Fsp3) is 0.240. The molecule has 0 aliphatic carbocycles. The van der Waals surface area contributed by atoms with Crippen LogP contribution in [0.1, 0.15) is 17.8 Å². The van der Waals surface area contributed by atoms with E-state index in [-0.39, 0.29) is 11.6 Å². The van der Waals surface area contributed by atoms with Crippen LogP contribution in [0.25, 0.3) is 22.2 Å². The van der Waals surface area contributed by atoms with E-state index >= 15 is 0 Å². The quantitative estimate of drug-likeness (QED) is 0.471. The summed E-state index contributed by atoms with van der Waals surface area (Å²) in [6.45, 7) is 1.53. The molecule has 0 saturated carbocycles. The first-order valence-electron chi connectivity index (χ1n) is 10.9. The van der Waals surface area contributed by atoms with Gasteiger partial charge < -0.3 is 20.4 Å². The first-order chi connectivity index (χ1) is 16.4. The molecule has 1 atom stereocenters. The second kappa shape index (κ2) is 8.83. The number of rotatable bonds is 5. The third-order valence-corrected chi connectivity index (χ3v) is 5.98. The van der Waals surface area contributed by atoms with Crippen LogP contribution < -0.4 is 20.9 Å². The van der Waals surface area contributed by atoms with Crippen molar-refractivity contribution in [3.8, 4) is 17.0 Å². The Morgan fingerprint density at radius 3 is 2.62 bits per heavy atom. The Labute approximate surface area is 194 Å². The highest BCUT2D eigenvalue weighted by Gasteiger charge is 2.23. The van der Waals surface area contributed by atoms with Gasteiger partial charge in [-0.2, -0.15) is 0 Å². The highest BCUT2D eigenvalue weighted by atomic mass is 19.1. The Bertz CT molecular complexity index is 1400. The zero-order valence-corrected chi connectivity index (χ0v) is 18.5. The molecular formula is C25H23F2N5O2. The smallest absolute Gasteiger partial charge is 0.258 e. The van der Waals surface area contributed by atoms with Crippen molar-refractivity contribution in [3.05, 3.63) is 82.0 Å². The molecule has 0 spiro atoms. The molecule has 3 N–H and O–H groups in total. The van der Waals surface area contributed by atoms with Crippen molar-refractivity contribution in [1.29, 1.82) is 0 Å². The molecule has 7 nitrogen and oxygen atoms in total. The van der Waals surface area contributed by atoms with Gasteiger partial charge in [-0.25, -0.2) is 13.8 Å². The average molecular weight is 463 g/mol. The van der Waals surface area contributed by atoms with Crippen molar-refractivity contribution in [3.63, 3.8) is 0 Å². The lowest BCUT2D eigenvalue weighted by Gasteiger charge is -2.21. The number of nitrogens with zero attached hydrogens (tertiary/aromatic N) is 3. The van der Waals surface area contributed by atoms with Crippen molar-refractivity contribution >= 4 is 16.6 Å². The normalized spacial score (nSPS) is 15.8. The number of fused-ring (bicyclic) bond motifs is 1. The van der Waals surface area contributed by atoms with E-state index in [0.29, 0.717) is 46.7 Å². The van der Waals surface area contributed by atoms with Crippen LogP contribution in [0.15, 0.2) is 53.5 Å². The third-order valence-electron chi connectivity index (χ3n) is 5.98. The van der Waals surface area contributed by atoms with Crippen molar-refractivity contribution in [1.82, 2.24) is 15.0 Å². The lowest BCUT2D eigenvalue weighted by atomic mass is 10.1. The predicted molar refractivity (Wildman–Crippen MR) is 126 cm³/mol. The van der Waals surface area contributed by atoms with Crippen LogP contribution >= 0.6 is 0 Å². The summed E-state index contributed by atoms with van der Waals surface area (Å²) in [4.78, 5) is 26.7. The van der Waals surface area contributed by atoms with Crippen LogP contribution in [0.3, 0.4) is 0 Å². The molecule has 1 saturated heterocycles. The first-order valence-corrected chi connectivity index (χ1v) is 10.9. The van der Waals surface area contributed by atoms with Crippen molar-refractivity contribution in [2.75, 3.05) is 25.1 Å². The number of anilines is 1. The average Bonchev–Trinajstić information content (AvgIpc) is 3.24. The van der Waals surface area contributed by atoms with Crippen LogP contribution in [0.5, 0.6) is 5.75 Å². The molecule has 1 aliphatic heterocycles. The van der Waals surface area contributed by atoms with E-state index in [9.17, 15) is 13.6 Å². The van der Waals surface area contributed by atoms with Gasteiger partial charge in [0.15, 0.2) is 0 Å². The number of methoxy groups -OCH3 is 1. The fourth-order valence-electron chi connectivity index (χ4n) is 4.30. The first kappa shape index (κ1) is 22.0. The number of ether oxygens (including phenoxy) is 1. The van der Waals surface area contributed by atoms with E-state index in [4.69, 9.17) is 10.5 Å². The summed E-state index contributed by atoms with van der Waals surface area (Å²) in [6, 6.07) is 10.4. The topological polar surface area (TPSA) is 97.1 Å². The van der Waals surface area contributed by atoms with Crippen molar-refractivity contribution < 1.29 is 13.5 Å². The summed E-state index contributed by atoms with van der Waals surface area (Å²) in [5, 5.41) is 0.439. The van der Waals surface area contributed by atoms with Crippen molar-refractivity contribution in [2.45, 2.75) is 18.9 Å². The molecule has 174 valence electrons. The molecule has 2 aromatic heterocycles. The molecule has 1 aliphatic rings. The Morgan fingerprint density at radius 1 is 1.18 bits per heavy atom. The molecule has 3 heterocycles. The molecule has 2 aromatic carbocycles. The molecule has 0 amide bonds. The van der Waals surface area contributed by atoms with Gasteiger partial charge in [0, 0.05) is 43.4 Å². The molecule has 5 rings (SSSR count). The Kier molecular flexibility index (Phi) is 5.70. The number of H-pyrrole nitrogens is 1. The van der Waals surface area contributed by atoms with Gasteiger partial charge in [0.05, 0.1) is 29.4 Å². The van der Waals surface area contributed by atoms with Gasteiger partial charge >= 0.3 is 0 Å². The SMILES string of the molecule is COc1cc2c(=O)[nH]c(Cc3ccc(-c4cc(F)cc(F)c4)nc3)nc2cc1N1CC[C@@H](N)C1. The predicted octanol–water partition coefficient (Wildman–Crippen LogP) is 3.40. The van der Waals surface area contributed by atoms with Gasteiger partial charge in [-0.1, -0.05) is 6.07 Å². The fourth-order valence-corrected chi connectivity index (χ4v) is 4.30. The molecule has 4 aromatic rings. The highest BCUT2D eigenvalue weighted by Crippen LogP contribution is 2.33. The summed E-state index contributed by atoms with van der Waals surface area (Å²) in [5.41, 5.74) is 8.82. The number of benzene rings is 2. The van der Waals surface area contributed by atoms with E-state index in [1.165, 1.54) is 12.1 Å². The highest BCUT2D eigenvalue weighted by molar-refractivity contribution is 5.85. The minimum atomic E-state index is -0.661. The monoisotopic (exact) mass is 463 g/mol. The largest absolute Gasteiger partial charge is 0.495 e. The number of hydrogen-bond donors (Lipinski definition) is 2. The van der Waals surface area contributed by atoms with E-state index in [1.807, 2.05) is 6.07 Å². The number of hydrogen-bond acceptors (Lipinski definition) is 6. The molecule has 0 unspecified atom stereocenters. The lowest BCUT2D eigenvalue weighted by molar-refractivity contribution is 0.415. The van der Waals surface area contributed by atoms with Gasteiger partial charge in [-0.15, -0.1) is 0 Å². The van der Waals surface area contributed by atoms with Gasteiger partial charge in [-0.05, 0) is 42.3 Å². The number of aromatic nitrogens is 3. The molecular weight excluding hydrogens is 440 g/mol. The summed E-state index contributed by atoms with van der Waals surface area (Å²) < 4.78 is 32.6. The van der Waals surface area contributed by atoms with E-state index in [0.717, 1.165) is 30.3 Å². The minimum absolute atomic E-state index is 0.0995. The number of nitrogens with one attached hydrogen (secondary N) is 1. The molecule has 1 fully saturated rings. The van der Waals surface area contributed by atoms with Crippen LogP contribution in [0.4, 0.5) is 14.5 Å². The Balaban J connectivity index is 1.45. The van der Waals surface area contributed by atoms with Gasteiger partial charge in [0.2, 0.25) is 0 Å². The number of halogens is 2. The van der Waals surface area contributed by atoms with Crippen LogP contribution in [-0.4, -0.2) is 41.2 Å². The second-order valence-corrected chi connectivity index (χ2v) is 8.44. The Hall–Kier alpha value is -3.85. The molecule has 0 radical (unpaired) electrons. The molecule has 34 heavy (non-hydrogen) atoms. The maximum atomic E-state index is 13.5. The van der Waals surface area contributed by atoms with Gasteiger partial charge in [0.1, 0.15) is 23.2 Å². The zero-order chi connectivity index (χ0) is 23.8. The summed E-state index contributed by atoms with van der Waals surface area (Å²) >= 11 is 0. The van der Waals surface area contributed by atoms with Crippen molar-refractivity contribution in [2.24, 2.45) is 5.73 Å². The number of nitrogens with two attached hydrogens (primary N) is 1. The van der Waals surface area contributed by atoms with Crippen LogP contribution in [0, 0.1) is 11.6 Å². The zero-order valence-electron chi connectivity index (χ0n) is 18.5. The molecule has 9 heteroatoms. The maximum Gasteiger partial charge on any atom is 0.258 e. The van der Waals surface area contributed by atoms with E-state index < -0.39 is 11.6 Å². The molecule has 0 bridgehead atoms. The van der Waals surface area contributed by atoms with Crippen LogP contribution in [0.2, 0.25) is 0 Å². The van der Waals surface area contributed by atoms with E-state index in [1.54, 1.807) is 31.5 Å². The number of aromatic amines is 1. The summed E-state index contributed by atoms with van der Waals surface area (Å²) in [6.07, 6.45) is 2.83. The van der Waals surface area contributed by atoms with Gasteiger partial charge in [0.25, 0.3) is 5.56 Å². The standard InChI is InChI=1S/C25H23F2N5O2/c1-34-23-10-19-21(11-22(23)32-5-4-18(28)13-32)30-24(31-25(19)33)6-14-2-3-20(29-12-14)15-7-16(26)9-17(27)8-15/h2-3,7-12,18H,4-6,13,28H2,1H3,(H,30,31,33)/t18-/m1/s1. The van der Waals surface area contributed by atoms with Crippen LogP contribution in [-0.2, 0) is 6.42 Å².